The standard InChI is InChI=1S/C37H60N10O10/c1-5-21(4)29(46-30(50)23(38)18-48)34(54)43-25(17-22-11-7-6-8-12-22)35(55)47-16-10-14-27(47)32(52)45-28(20(2)3)33(53)44-26(19-49)31(51)42-24(36(56)57)13-9-15-41-37(39)40/h6-8,11-12,20-21,23-29,48-49H,5,9-10,13-19,38H2,1-4H3,(H,42,51)(H,43,54)(H,44,53)(H,45,52)(H,46,50)(H,56,57)(H4,39,40,41)/t21-,23-,24-,25-,26-,27-,28-,29-/m0/s1. The molecule has 0 radical (unpaired) electrons. The van der Waals surface area contributed by atoms with Crippen molar-refractivity contribution in [2.45, 2.75) is 109 Å². The molecule has 14 N–H and O–H groups in total. The Bertz CT molecular complexity index is 1560. The third-order valence-electron chi connectivity index (χ3n) is 9.68. The van der Waals surface area contributed by atoms with Crippen LogP contribution in [0.2, 0.25) is 0 Å². The number of nitrogens with two attached hydrogens (primary N) is 3. The number of aliphatic imine (C=N–C) groups is 1. The number of carboxylic acids is 1. The Kier molecular flexibility index (Phi) is 19.8. The Morgan fingerprint density at radius 3 is 2.00 bits per heavy atom. The Hall–Kier alpha value is -5.34. The van der Waals surface area contributed by atoms with Crippen LogP contribution in [0, 0.1) is 11.8 Å². The number of likely N-dealkylation sites (tertiary alicyclic amines) is 1. The van der Waals surface area contributed by atoms with Crippen LogP contribution in [0.25, 0.3) is 0 Å². The maximum atomic E-state index is 14.3. The van der Waals surface area contributed by atoms with E-state index < -0.39 is 103 Å². The molecular weight excluding hydrogens is 744 g/mol. The molecule has 57 heavy (non-hydrogen) atoms. The minimum atomic E-state index is -1.56. The molecule has 0 spiro atoms. The van der Waals surface area contributed by atoms with Crippen molar-refractivity contribution in [3.63, 3.8) is 0 Å². The number of guanidine groups is 1. The zero-order chi connectivity index (χ0) is 42.8. The van der Waals surface area contributed by atoms with Crippen LogP contribution in [0.4, 0.5) is 0 Å². The fourth-order valence-electron chi connectivity index (χ4n) is 6.13. The van der Waals surface area contributed by atoms with Crippen molar-refractivity contribution < 1.29 is 48.9 Å². The average molecular weight is 805 g/mol. The van der Waals surface area contributed by atoms with E-state index in [0.29, 0.717) is 18.4 Å². The third-order valence-corrected chi connectivity index (χ3v) is 9.68. The van der Waals surface area contributed by atoms with Gasteiger partial charge in [-0.2, -0.15) is 0 Å². The summed E-state index contributed by atoms with van der Waals surface area (Å²) >= 11 is 0. The predicted octanol–water partition coefficient (Wildman–Crippen LogP) is -3.20. The number of benzene rings is 1. The predicted molar refractivity (Wildman–Crippen MR) is 209 cm³/mol. The number of rotatable bonds is 23. The van der Waals surface area contributed by atoms with Crippen LogP contribution in [0.15, 0.2) is 35.3 Å². The zero-order valence-electron chi connectivity index (χ0n) is 33.0. The summed E-state index contributed by atoms with van der Waals surface area (Å²) in [6.45, 7) is 5.60. The van der Waals surface area contributed by atoms with Gasteiger partial charge >= 0.3 is 5.97 Å². The van der Waals surface area contributed by atoms with Crippen LogP contribution in [-0.2, 0) is 40.0 Å². The van der Waals surface area contributed by atoms with Crippen molar-refractivity contribution in [3.8, 4) is 0 Å². The van der Waals surface area contributed by atoms with Gasteiger partial charge < -0.3 is 64.0 Å². The smallest absolute Gasteiger partial charge is 0.326 e. The number of nitrogens with zero attached hydrogens (tertiary/aromatic N) is 2. The van der Waals surface area contributed by atoms with E-state index in [2.05, 4.69) is 31.6 Å². The van der Waals surface area contributed by atoms with Crippen molar-refractivity contribution in [2.24, 2.45) is 34.0 Å². The Morgan fingerprint density at radius 2 is 1.44 bits per heavy atom. The van der Waals surface area contributed by atoms with Crippen molar-refractivity contribution in [2.75, 3.05) is 26.3 Å². The highest BCUT2D eigenvalue weighted by Gasteiger charge is 2.41. The molecular formula is C37H60N10O10. The van der Waals surface area contributed by atoms with Gasteiger partial charge in [-0.1, -0.05) is 64.4 Å². The van der Waals surface area contributed by atoms with Gasteiger partial charge in [0.1, 0.15) is 42.3 Å². The first-order valence-corrected chi connectivity index (χ1v) is 19.1. The molecule has 1 aromatic carbocycles. The molecule has 20 heteroatoms. The third kappa shape index (κ3) is 14.9. The normalized spacial score (nSPS) is 17.5. The molecule has 0 aromatic heterocycles. The molecule has 1 fully saturated rings. The lowest BCUT2D eigenvalue weighted by Crippen LogP contribution is -2.61. The number of hydrogen-bond donors (Lipinski definition) is 11. The zero-order valence-corrected chi connectivity index (χ0v) is 33.0. The first-order chi connectivity index (χ1) is 26.9. The fraction of sp³-hybridized carbons (Fsp3) is 0.622. The molecule has 1 heterocycles. The van der Waals surface area contributed by atoms with Gasteiger partial charge in [0.25, 0.3) is 0 Å². The van der Waals surface area contributed by atoms with Crippen LogP contribution in [0.5, 0.6) is 0 Å². The quantitative estimate of drug-likeness (QED) is 0.0295. The van der Waals surface area contributed by atoms with E-state index in [4.69, 9.17) is 17.2 Å². The second-order valence-electron chi connectivity index (χ2n) is 14.4. The topological polar surface area (TPSA) is 334 Å². The van der Waals surface area contributed by atoms with Crippen molar-refractivity contribution in [3.05, 3.63) is 35.9 Å². The number of aliphatic hydroxyl groups excluding tert-OH is 2. The van der Waals surface area contributed by atoms with Crippen molar-refractivity contribution in [1.82, 2.24) is 31.5 Å². The highest BCUT2D eigenvalue weighted by Crippen LogP contribution is 2.21. The molecule has 2 rings (SSSR count). The Labute approximate surface area is 332 Å². The number of aliphatic hydroxyl groups is 2. The van der Waals surface area contributed by atoms with Gasteiger partial charge in [-0.15, -0.1) is 0 Å². The number of aliphatic carboxylic acids is 1. The summed E-state index contributed by atoms with van der Waals surface area (Å²) < 4.78 is 0. The number of amides is 6. The van der Waals surface area contributed by atoms with Gasteiger partial charge in [0.05, 0.1) is 13.2 Å². The molecule has 20 nitrogen and oxygen atoms in total. The molecule has 1 saturated heterocycles. The fourth-order valence-corrected chi connectivity index (χ4v) is 6.13. The van der Waals surface area contributed by atoms with Gasteiger partial charge in [0.15, 0.2) is 5.96 Å². The van der Waals surface area contributed by atoms with E-state index in [9.17, 15) is 48.9 Å². The monoisotopic (exact) mass is 804 g/mol. The highest BCUT2D eigenvalue weighted by molar-refractivity contribution is 5.97. The van der Waals surface area contributed by atoms with Crippen molar-refractivity contribution in [1.29, 1.82) is 0 Å². The Balaban J connectivity index is 2.26. The summed E-state index contributed by atoms with van der Waals surface area (Å²) in [4.78, 5) is 97.8. The minimum absolute atomic E-state index is 0.0462. The van der Waals surface area contributed by atoms with Gasteiger partial charge in [-0.05, 0) is 43.1 Å². The summed E-state index contributed by atoms with van der Waals surface area (Å²) in [5, 5.41) is 41.6. The second-order valence-corrected chi connectivity index (χ2v) is 14.4. The molecule has 0 unspecified atom stereocenters. The van der Waals surface area contributed by atoms with Crippen LogP contribution in [0.1, 0.15) is 65.4 Å². The Morgan fingerprint density at radius 1 is 0.825 bits per heavy atom. The van der Waals surface area contributed by atoms with E-state index in [1.54, 1.807) is 51.1 Å². The van der Waals surface area contributed by atoms with E-state index in [0.717, 1.165) is 0 Å². The molecule has 0 saturated carbocycles. The van der Waals surface area contributed by atoms with Crippen LogP contribution < -0.4 is 43.8 Å². The highest BCUT2D eigenvalue weighted by atomic mass is 16.4. The summed E-state index contributed by atoms with van der Waals surface area (Å²) in [5.41, 5.74) is 16.9. The van der Waals surface area contributed by atoms with E-state index in [1.807, 2.05) is 6.92 Å². The molecule has 318 valence electrons. The summed E-state index contributed by atoms with van der Waals surface area (Å²) in [6.07, 6.45) is 1.37. The number of nitrogens with one attached hydrogen (secondary N) is 5. The molecule has 0 bridgehead atoms. The molecule has 0 aliphatic carbocycles. The number of carboxylic acid groups (broad SMARTS) is 1. The number of hydrogen-bond acceptors (Lipinski definition) is 11. The molecule has 8 atom stereocenters. The van der Waals surface area contributed by atoms with Crippen molar-refractivity contribution >= 4 is 47.4 Å². The summed E-state index contributed by atoms with van der Waals surface area (Å²) in [7, 11) is 0. The first-order valence-electron chi connectivity index (χ1n) is 19.1. The number of carbonyl (C=O) groups is 7. The molecule has 6 amide bonds. The number of carbonyl (C=O) groups excluding carboxylic acids is 6. The second kappa shape index (κ2) is 23.7. The van der Waals surface area contributed by atoms with Crippen LogP contribution >= 0.6 is 0 Å². The van der Waals surface area contributed by atoms with Gasteiger partial charge in [0, 0.05) is 19.5 Å². The average Bonchev–Trinajstić information content (AvgIpc) is 3.68. The molecule has 1 aromatic rings. The summed E-state index contributed by atoms with van der Waals surface area (Å²) in [6, 6.07) is 0.146. The van der Waals surface area contributed by atoms with Gasteiger partial charge in [0.2, 0.25) is 35.4 Å². The lowest BCUT2D eigenvalue weighted by Gasteiger charge is -2.32. The largest absolute Gasteiger partial charge is 0.480 e. The maximum Gasteiger partial charge on any atom is 0.326 e. The molecule has 1 aliphatic heterocycles. The van der Waals surface area contributed by atoms with Crippen LogP contribution in [0.3, 0.4) is 0 Å². The minimum Gasteiger partial charge on any atom is -0.480 e. The molecule has 1 aliphatic rings. The van der Waals surface area contributed by atoms with E-state index >= 15 is 0 Å². The SMILES string of the molecule is CC[C@H](C)[C@H](NC(=O)[C@@H](N)CO)C(=O)N[C@@H](Cc1ccccc1)C(=O)N1CCC[C@H]1C(=O)N[C@H](C(=O)N[C@@H](CO)C(=O)N[C@@H](CCCN=C(N)N)C(=O)O)C(C)C. The van der Waals surface area contributed by atoms with E-state index in [-0.39, 0.29) is 50.7 Å². The lowest BCUT2D eigenvalue weighted by atomic mass is 9.96. The lowest BCUT2D eigenvalue weighted by molar-refractivity contribution is -0.143. The van der Waals surface area contributed by atoms with Gasteiger partial charge in [-0.3, -0.25) is 33.8 Å². The first kappa shape index (κ1) is 47.8. The van der Waals surface area contributed by atoms with Gasteiger partial charge in [-0.25, -0.2) is 4.79 Å². The maximum absolute atomic E-state index is 14.3. The summed E-state index contributed by atoms with van der Waals surface area (Å²) in [5.74, 6) is -6.89. The van der Waals surface area contributed by atoms with E-state index in [1.165, 1.54) is 4.90 Å². The van der Waals surface area contributed by atoms with Crippen LogP contribution in [-0.4, -0.2) is 136 Å².